The summed E-state index contributed by atoms with van der Waals surface area (Å²) in [5.41, 5.74) is 4.17. The second-order valence-electron chi connectivity index (χ2n) is 11.4. The summed E-state index contributed by atoms with van der Waals surface area (Å²) in [6.45, 7) is 7.73. The van der Waals surface area contributed by atoms with E-state index in [0.717, 1.165) is 24.0 Å². The van der Waals surface area contributed by atoms with Gasteiger partial charge in [-0.05, 0) is 62.5 Å². The Morgan fingerprint density at radius 2 is 1.13 bits per heavy atom. The van der Waals surface area contributed by atoms with Crippen LogP contribution < -0.4 is 5.73 Å². The highest BCUT2D eigenvalue weighted by atomic mass is 16.3. The molecule has 2 aromatic rings. The van der Waals surface area contributed by atoms with E-state index in [2.05, 4.69) is 0 Å². The van der Waals surface area contributed by atoms with Crippen LogP contribution in [0.15, 0.2) is 60.7 Å². The van der Waals surface area contributed by atoms with E-state index in [9.17, 15) is 19.8 Å². The number of rotatable bonds is 14. The van der Waals surface area contributed by atoms with Gasteiger partial charge in [0.25, 0.3) is 0 Å². The molecule has 1 aliphatic carbocycles. The first-order chi connectivity index (χ1) is 18.6. The van der Waals surface area contributed by atoms with Gasteiger partial charge in [-0.2, -0.15) is 0 Å². The number of hydrogen-bond acceptors (Lipinski definition) is 4. The van der Waals surface area contributed by atoms with E-state index in [1.54, 1.807) is 4.90 Å². The lowest BCUT2D eigenvalue weighted by Gasteiger charge is -2.52. The third kappa shape index (κ3) is 6.38. The zero-order valence-electron chi connectivity index (χ0n) is 24.2. The smallest absolute Gasteiger partial charge is 0.238 e. The maximum Gasteiger partial charge on any atom is 0.238 e. The van der Waals surface area contributed by atoms with E-state index in [1.165, 1.54) is 0 Å². The van der Waals surface area contributed by atoms with Gasteiger partial charge in [0.2, 0.25) is 11.8 Å². The average molecular weight is 537 g/mol. The van der Waals surface area contributed by atoms with Crippen molar-refractivity contribution in [2.24, 2.45) is 11.1 Å². The minimum atomic E-state index is -1.34. The number of amides is 2. The summed E-state index contributed by atoms with van der Waals surface area (Å²) in [5, 5.41) is 24.3. The lowest BCUT2D eigenvalue weighted by atomic mass is 9.75. The number of nitrogens with two attached hydrogens (primary N) is 1. The highest BCUT2D eigenvalue weighted by molar-refractivity contribution is 6.05. The van der Waals surface area contributed by atoms with E-state index < -0.39 is 34.6 Å². The summed E-state index contributed by atoms with van der Waals surface area (Å²) in [7, 11) is 0. The lowest BCUT2D eigenvalue weighted by Crippen LogP contribution is -2.68. The molecule has 0 bridgehead atoms. The molecule has 0 radical (unpaired) electrons. The van der Waals surface area contributed by atoms with E-state index in [-0.39, 0.29) is 5.91 Å². The van der Waals surface area contributed by atoms with Gasteiger partial charge in [0.15, 0.2) is 0 Å². The van der Waals surface area contributed by atoms with E-state index in [0.29, 0.717) is 51.4 Å². The second kappa shape index (κ2) is 13.1. The Hall–Kier alpha value is -2.70. The standard InChI is InChI=1S/C33H48N2O4/c1-5-32(38,6-2)27(23-25-17-11-9-12-18-25)35(30(37)31(29(34)36)21-15-16-22-31)28(33(39,7-3)8-4)24-26-19-13-10-14-20-26/h9-14,17-20,27-28,38-39H,5-8,15-16,21-24H2,1-4H3,(H2,34,36)/t27-,28-/m1/s1. The molecule has 1 saturated carbocycles. The van der Waals surface area contributed by atoms with Crippen LogP contribution in [-0.2, 0) is 22.4 Å². The van der Waals surface area contributed by atoms with Crippen LogP contribution in [0.2, 0.25) is 0 Å². The Morgan fingerprint density at radius 3 is 1.44 bits per heavy atom. The summed E-state index contributed by atoms with van der Waals surface area (Å²) in [4.78, 5) is 29.7. The quantitative estimate of drug-likeness (QED) is 0.289. The molecule has 4 N–H and O–H groups in total. The Labute approximate surface area is 234 Å². The molecule has 0 saturated heterocycles. The number of carbonyl (C=O) groups excluding carboxylic acids is 2. The van der Waals surface area contributed by atoms with Gasteiger partial charge in [-0.15, -0.1) is 0 Å². The fraction of sp³-hybridized carbons (Fsp3) is 0.576. The molecule has 0 unspecified atom stereocenters. The Kier molecular flexibility index (Phi) is 10.4. The molecule has 2 aromatic carbocycles. The molecule has 2 amide bonds. The lowest BCUT2D eigenvalue weighted by molar-refractivity contribution is -0.171. The summed E-state index contributed by atoms with van der Waals surface area (Å²) in [6, 6.07) is 18.4. The Balaban J connectivity index is 2.31. The molecule has 6 nitrogen and oxygen atoms in total. The van der Waals surface area contributed by atoms with Gasteiger partial charge in [-0.1, -0.05) is 101 Å². The molecule has 1 fully saturated rings. The molecular weight excluding hydrogens is 488 g/mol. The highest BCUT2D eigenvalue weighted by Gasteiger charge is 2.56. The van der Waals surface area contributed by atoms with E-state index in [1.807, 2.05) is 88.4 Å². The minimum absolute atomic E-state index is 0.352. The zero-order chi connectivity index (χ0) is 28.7. The van der Waals surface area contributed by atoms with E-state index in [4.69, 9.17) is 5.73 Å². The van der Waals surface area contributed by atoms with Crippen LogP contribution >= 0.6 is 0 Å². The van der Waals surface area contributed by atoms with Crippen LogP contribution in [0.4, 0.5) is 0 Å². The van der Waals surface area contributed by atoms with Crippen LogP contribution in [-0.4, -0.2) is 50.2 Å². The van der Waals surface area contributed by atoms with Crippen molar-refractivity contribution in [2.45, 2.75) is 115 Å². The Bertz CT molecular complexity index is 994. The van der Waals surface area contributed by atoms with Crippen LogP contribution in [0.25, 0.3) is 0 Å². The second-order valence-corrected chi connectivity index (χ2v) is 11.4. The van der Waals surface area contributed by atoms with Crippen molar-refractivity contribution in [3.63, 3.8) is 0 Å². The number of benzene rings is 2. The van der Waals surface area contributed by atoms with Crippen LogP contribution in [0, 0.1) is 5.41 Å². The van der Waals surface area contributed by atoms with Crippen molar-refractivity contribution in [1.29, 1.82) is 0 Å². The third-order valence-corrected chi connectivity index (χ3v) is 9.48. The summed E-state index contributed by atoms with van der Waals surface area (Å²) < 4.78 is 0. The number of primary amides is 1. The molecule has 0 heterocycles. The van der Waals surface area contributed by atoms with Crippen LogP contribution in [0.1, 0.15) is 90.2 Å². The zero-order valence-corrected chi connectivity index (χ0v) is 24.2. The molecule has 39 heavy (non-hydrogen) atoms. The summed E-state index contributed by atoms with van der Waals surface area (Å²) in [6.07, 6.45) is 4.74. The predicted octanol–water partition coefficient (Wildman–Crippen LogP) is 5.19. The number of nitrogens with zero attached hydrogens (tertiary/aromatic N) is 1. The fourth-order valence-electron chi connectivity index (χ4n) is 6.50. The number of hydrogen-bond donors (Lipinski definition) is 3. The van der Waals surface area contributed by atoms with Gasteiger partial charge >= 0.3 is 0 Å². The molecular formula is C33H48N2O4. The molecule has 3 rings (SSSR count). The van der Waals surface area contributed by atoms with Gasteiger partial charge in [-0.3, -0.25) is 9.59 Å². The molecule has 1 aliphatic rings. The van der Waals surface area contributed by atoms with Crippen molar-refractivity contribution in [3.8, 4) is 0 Å². The molecule has 6 heteroatoms. The number of aliphatic hydroxyl groups is 2. The van der Waals surface area contributed by atoms with E-state index >= 15 is 0 Å². The molecule has 0 aliphatic heterocycles. The van der Waals surface area contributed by atoms with Crippen LogP contribution in [0.3, 0.4) is 0 Å². The van der Waals surface area contributed by atoms with Crippen molar-refractivity contribution >= 4 is 11.8 Å². The van der Waals surface area contributed by atoms with Crippen LogP contribution in [0.5, 0.6) is 0 Å². The monoisotopic (exact) mass is 536 g/mol. The summed E-state index contributed by atoms with van der Waals surface area (Å²) >= 11 is 0. The first-order valence-electron chi connectivity index (χ1n) is 14.8. The van der Waals surface area contributed by atoms with Gasteiger partial charge in [-0.25, -0.2) is 0 Å². The first-order valence-corrected chi connectivity index (χ1v) is 14.8. The van der Waals surface area contributed by atoms with Crippen molar-refractivity contribution in [1.82, 2.24) is 4.90 Å². The van der Waals surface area contributed by atoms with Crippen molar-refractivity contribution in [3.05, 3.63) is 71.8 Å². The van der Waals surface area contributed by atoms with Gasteiger partial charge in [0.1, 0.15) is 5.41 Å². The molecule has 2 atom stereocenters. The van der Waals surface area contributed by atoms with Gasteiger partial charge in [0, 0.05) is 0 Å². The maximum atomic E-state index is 14.9. The fourth-order valence-corrected chi connectivity index (χ4v) is 6.50. The molecule has 0 spiro atoms. The molecule has 0 aromatic heterocycles. The average Bonchev–Trinajstić information content (AvgIpc) is 3.48. The minimum Gasteiger partial charge on any atom is -0.388 e. The first kappa shape index (κ1) is 30.8. The largest absolute Gasteiger partial charge is 0.388 e. The topological polar surface area (TPSA) is 104 Å². The summed E-state index contributed by atoms with van der Waals surface area (Å²) in [5.74, 6) is -0.963. The van der Waals surface area contributed by atoms with Gasteiger partial charge < -0.3 is 20.8 Å². The Morgan fingerprint density at radius 1 is 0.769 bits per heavy atom. The van der Waals surface area contributed by atoms with Crippen molar-refractivity contribution < 1.29 is 19.8 Å². The predicted molar refractivity (Wildman–Crippen MR) is 156 cm³/mol. The molecule has 214 valence electrons. The highest BCUT2D eigenvalue weighted by Crippen LogP contribution is 2.44. The SMILES string of the molecule is CCC(O)(CC)[C@@H](Cc1ccccc1)N(C(=O)C1(C(N)=O)CCCC1)[C@H](Cc1ccccc1)C(O)(CC)CC. The van der Waals surface area contributed by atoms with Crippen molar-refractivity contribution in [2.75, 3.05) is 0 Å². The third-order valence-electron chi connectivity index (χ3n) is 9.48. The maximum absolute atomic E-state index is 14.9. The normalized spacial score (nSPS) is 17.0. The number of carbonyl (C=O) groups is 2. The van der Waals surface area contributed by atoms with Gasteiger partial charge in [0.05, 0.1) is 23.3 Å².